The van der Waals surface area contributed by atoms with Crippen molar-refractivity contribution in [3.63, 3.8) is 0 Å². The molecule has 2 heterocycles. The molecule has 0 radical (unpaired) electrons. The van der Waals surface area contributed by atoms with E-state index in [1.807, 2.05) is 36.4 Å². The van der Waals surface area contributed by atoms with Crippen LogP contribution in [0, 0.1) is 0 Å². The molecule has 0 amide bonds. The number of nitrogens with one attached hydrogen (secondary N) is 1. The third kappa shape index (κ3) is 5.11. The van der Waals surface area contributed by atoms with Gasteiger partial charge >= 0.3 is 6.01 Å². The predicted octanol–water partition coefficient (Wildman–Crippen LogP) is 8.49. The van der Waals surface area contributed by atoms with E-state index in [0.717, 1.165) is 15.7 Å². The molecule has 0 aliphatic carbocycles. The second-order valence-electron chi connectivity index (χ2n) is 8.76. The number of hydrogen-bond acceptors (Lipinski definition) is 6. The first-order chi connectivity index (χ1) is 19.4. The Morgan fingerprint density at radius 3 is 2.38 bits per heavy atom. The van der Waals surface area contributed by atoms with Gasteiger partial charge in [-0.15, -0.1) is 5.10 Å². The maximum atomic E-state index is 13.9. The number of halogens is 4. The number of benzene rings is 4. The number of fused-ring (bicyclic) bond motifs is 1. The Morgan fingerprint density at radius 2 is 1.57 bits per heavy atom. The monoisotopic (exact) mass is 651 g/mol. The molecule has 0 unspecified atom stereocenters. The SMILES string of the molecule is O=c1c2cc(Br)ccc2nc(Cc2ccccc2Nc2c(Cl)cccc2Cl)n1-c1nnc(-c2ccccc2Cl)o1. The predicted molar refractivity (Wildman–Crippen MR) is 162 cm³/mol. The van der Waals surface area contributed by atoms with Gasteiger partial charge in [0.15, 0.2) is 0 Å². The normalized spacial score (nSPS) is 11.2. The highest BCUT2D eigenvalue weighted by Crippen LogP contribution is 2.34. The van der Waals surface area contributed by atoms with Crippen molar-refractivity contribution < 1.29 is 4.42 Å². The van der Waals surface area contributed by atoms with E-state index in [1.54, 1.807) is 48.5 Å². The van der Waals surface area contributed by atoms with Crippen LogP contribution >= 0.6 is 50.7 Å². The van der Waals surface area contributed by atoms with E-state index in [4.69, 9.17) is 44.2 Å². The van der Waals surface area contributed by atoms with E-state index in [2.05, 4.69) is 31.4 Å². The van der Waals surface area contributed by atoms with Crippen LogP contribution in [0.15, 0.2) is 98.6 Å². The highest BCUT2D eigenvalue weighted by Gasteiger charge is 2.21. The quantitative estimate of drug-likeness (QED) is 0.194. The molecule has 0 saturated heterocycles. The Labute approximate surface area is 251 Å². The van der Waals surface area contributed by atoms with Gasteiger partial charge in [-0.1, -0.05) is 92.2 Å². The highest BCUT2D eigenvalue weighted by atomic mass is 79.9. The summed E-state index contributed by atoms with van der Waals surface area (Å²) in [6.07, 6.45) is 0.246. The lowest BCUT2D eigenvalue weighted by Crippen LogP contribution is -2.24. The fourth-order valence-corrected chi connectivity index (χ4v) is 5.36. The van der Waals surface area contributed by atoms with Gasteiger partial charge in [-0.3, -0.25) is 4.79 Å². The second-order valence-corrected chi connectivity index (χ2v) is 10.9. The molecule has 0 aliphatic rings. The van der Waals surface area contributed by atoms with Crippen LogP contribution in [-0.2, 0) is 6.42 Å². The van der Waals surface area contributed by atoms with Crippen LogP contribution < -0.4 is 10.9 Å². The lowest BCUT2D eigenvalue weighted by Gasteiger charge is -2.16. The molecule has 40 heavy (non-hydrogen) atoms. The maximum absolute atomic E-state index is 13.9. The molecule has 0 atom stereocenters. The van der Waals surface area contributed by atoms with E-state index >= 15 is 0 Å². The lowest BCUT2D eigenvalue weighted by molar-refractivity contribution is 0.525. The van der Waals surface area contributed by atoms with E-state index < -0.39 is 0 Å². The zero-order valence-corrected chi connectivity index (χ0v) is 24.3. The van der Waals surface area contributed by atoms with Gasteiger partial charge in [0.1, 0.15) is 5.82 Å². The maximum Gasteiger partial charge on any atom is 0.331 e. The first-order valence-corrected chi connectivity index (χ1v) is 13.9. The largest absolute Gasteiger partial charge is 0.403 e. The molecule has 0 saturated carbocycles. The summed E-state index contributed by atoms with van der Waals surface area (Å²) < 4.78 is 8.06. The molecule has 0 fully saturated rings. The van der Waals surface area contributed by atoms with Crippen LogP contribution in [0.4, 0.5) is 11.4 Å². The van der Waals surface area contributed by atoms with E-state index in [9.17, 15) is 4.79 Å². The summed E-state index contributed by atoms with van der Waals surface area (Å²) in [5.41, 5.74) is 2.89. The Hall–Kier alpha value is -3.69. The Bertz CT molecular complexity index is 1940. The second kappa shape index (κ2) is 11.1. The molecule has 6 aromatic rings. The van der Waals surface area contributed by atoms with Crippen molar-refractivity contribution in [3.05, 3.63) is 126 Å². The van der Waals surface area contributed by atoms with Crippen molar-refractivity contribution in [2.24, 2.45) is 0 Å². The molecule has 4 aromatic carbocycles. The smallest absolute Gasteiger partial charge is 0.331 e. The van der Waals surface area contributed by atoms with E-state index in [1.165, 1.54) is 4.57 Å². The lowest BCUT2D eigenvalue weighted by atomic mass is 10.1. The third-order valence-electron chi connectivity index (χ3n) is 6.20. The topological polar surface area (TPSA) is 85.8 Å². The van der Waals surface area contributed by atoms with Crippen LogP contribution in [0.25, 0.3) is 28.4 Å². The molecule has 0 spiro atoms. The van der Waals surface area contributed by atoms with Crippen molar-refractivity contribution in [1.82, 2.24) is 19.7 Å². The first-order valence-electron chi connectivity index (χ1n) is 12.0. The summed E-state index contributed by atoms with van der Waals surface area (Å²) >= 11 is 22.6. The minimum absolute atomic E-state index is 0.0242. The minimum atomic E-state index is -0.352. The van der Waals surface area contributed by atoms with Gasteiger partial charge in [-0.25, -0.2) is 9.55 Å². The van der Waals surface area contributed by atoms with Crippen LogP contribution in [-0.4, -0.2) is 19.7 Å². The zero-order chi connectivity index (χ0) is 27.8. The van der Waals surface area contributed by atoms with Crippen molar-refractivity contribution in [1.29, 1.82) is 0 Å². The number of para-hydroxylation sites is 2. The van der Waals surface area contributed by atoms with Gasteiger partial charge in [0.25, 0.3) is 11.4 Å². The van der Waals surface area contributed by atoms with Crippen LogP contribution in [0.5, 0.6) is 0 Å². The summed E-state index contributed by atoms with van der Waals surface area (Å²) in [6, 6.07) is 25.3. The highest BCUT2D eigenvalue weighted by molar-refractivity contribution is 9.10. The van der Waals surface area contributed by atoms with Crippen molar-refractivity contribution in [3.8, 4) is 17.5 Å². The van der Waals surface area contributed by atoms with Gasteiger partial charge < -0.3 is 9.73 Å². The fraction of sp³-hybridized carbons (Fsp3) is 0.0345. The van der Waals surface area contributed by atoms with Crippen LogP contribution in [0.3, 0.4) is 0 Å². The molecule has 198 valence electrons. The number of rotatable bonds is 6. The summed E-state index contributed by atoms with van der Waals surface area (Å²) in [5, 5.41) is 13.5. The Balaban J connectivity index is 1.49. The Morgan fingerprint density at radius 1 is 0.850 bits per heavy atom. The summed E-state index contributed by atoms with van der Waals surface area (Å²) in [6.45, 7) is 0. The number of hydrogen-bond donors (Lipinski definition) is 1. The summed E-state index contributed by atoms with van der Waals surface area (Å²) in [4.78, 5) is 18.7. The number of aromatic nitrogens is 4. The summed E-state index contributed by atoms with van der Waals surface area (Å²) in [5.74, 6) is 0.580. The average Bonchev–Trinajstić information content (AvgIpc) is 3.42. The van der Waals surface area contributed by atoms with Crippen molar-refractivity contribution in [2.45, 2.75) is 6.42 Å². The average molecular weight is 654 g/mol. The van der Waals surface area contributed by atoms with Gasteiger partial charge in [0.05, 0.1) is 37.2 Å². The van der Waals surface area contributed by atoms with E-state index in [0.29, 0.717) is 43.0 Å². The minimum Gasteiger partial charge on any atom is -0.403 e. The first kappa shape index (κ1) is 26.5. The molecule has 6 rings (SSSR count). The molecule has 11 heteroatoms. The summed E-state index contributed by atoms with van der Waals surface area (Å²) in [7, 11) is 0. The van der Waals surface area contributed by atoms with Crippen molar-refractivity contribution >= 4 is 73.0 Å². The van der Waals surface area contributed by atoms with Crippen LogP contribution in [0.1, 0.15) is 11.4 Å². The molecule has 2 aromatic heterocycles. The number of nitrogens with zero attached hydrogens (tertiary/aromatic N) is 4. The molecular weight excluding hydrogens is 637 g/mol. The third-order valence-corrected chi connectivity index (χ3v) is 7.65. The fourth-order valence-electron chi connectivity index (χ4n) is 4.29. The van der Waals surface area contributed by atoms with Crippen molar-refractivity contribution in [2.75, 3.05) is 5.32 Å². The van der Waals surface area contributed by atoms with Gasteiger partial charge in [0, 0.05) is 16.6 Å². The molecule has 7 nitrogen and oxygen atoms in total. The molecule has 0 bridgehead atoms. The standard InChI is InChI=1S/C29H17BrCl3N5O2/c30-17-12-13-24-19(15-17)28(39)38(29-37-36-27(40-29)18-7-2-3-8-20(18)31)25(34-24)14-16-6-1-4-11-23(16)35-26-21(32)9-5-10-22(26)33/h1-13,15,35H,14H2. The number of anilines is 2. The Kier molecular flexibility index (Phi) is 7.33. The molecule has 1 N–H and O–H groups in total. The van der Waals surface area contributed by atoms with Gasteiger partial charge in [-0.05, 0) is 54.1 Å². The van der Waals surface area contributed by atoms with Crippen LogP contribution in [0.2, 0.25) is 15.1 Å². The van der Waals surface area contributed by atoms with E-state index in [-0.39, 0.29) is 23.9 Å². The molecule has 0 aliphatic heterocycles. The van der Waals surface area contributed by atoms with Gasteiger partial charge in [0.2, 0.25) is 0 Å². The van der Waals surface area contributed by atoms with Gasteiger partial charge in [-0.2, -0.15) is 0 Å². The molecular formula is C29H17BrCl3N5O2. The zero-order valence-electron chi connectivity index (χ0n) is 20.4.